The number of rotatable bonds is 3. The SMILES string of the molecule is Cc1cn2c(/C=C/C(=O)N3C[C@H](C(N)=O)CC[C@@H]3C)c(C)nc2s1. The smallest absolute Gasteiger partial charge is 0.246 e. The van der Waals surface area contributed by atoms with Crippen LogP contribution >= 0.6 is 11.3 Å². The van der Waals surface area contributed by atoms with E-state index in [0.29, 0.717) is 6.54 Å². The molecule has 2 amide bonds. The third-order valence-corrected chi connectivity index (χ3v) is 5.51. The molecule has 2 N–H and O–H groups in total. The molecule has 2 aromatic heterocycles. The van der Waals surface area contributed by atoms with Crippen LogP contribution in [0.5, 0.6) is 0 Å². The second-order valence-electron chi connectivity index (χ2n) is 6.43. The van der Waals surface area contributed by atoms with E-state index in [1.54, 1.807) is 22.3 Å². The summed E-state index contributed by atoms with van der Waals surface area (Å²) in [4.78, 5) is 32.4. The third-order valence-electron chi connectivity index (χ3n) is 4.61. The van der Waals surface area contributed by atoms with Crippen LogP contribution in [0.15, 0.2) is 12.3 Å². The quantitative estimate of drug-likeness (QED) is 0.865. The number of imidazole rings is 1. The standard InChI is InChI=1S/C17H22N4O2S/c1-10-4-5-13(16(18)23)9-20(10)15(22)7-6-14-12(3)19-17-21(14)8-11(2)24-17/h6-8,10,13H,4-5,9H2,1-3H3,(H2,18,23)/b7-6+/t10-,13+/m0/s1. The van der Waals surface area contributed by atoms with Gasteiger partial charge in [0.15, 0.2) is 4.96 Å². The fraction of sp³-hybridized carbons (Fsp3) is 0.471. The van der Waals surface area contributed by atoms with Gasteiger partial charge >= 0.3 is 0 Å². The maximum absolute atomic E-state index is 12.6. The number of nitrogens with zero attached hydrogens (tertiary/aromatic N) is 3. The molecule has 3 rings (SSSR count). The third kappa shape index (κ3) is 3.08. The van der Waals surface area contributed by atoms with Gasteiger partial charge in [0, 0.05) is 29.7 Å². The Morgan fingerprint density at radius 2 is 2.12 bits per heavy atom. The first-order valence-electron chi connectivity index (χ1n) is 8.10. The van der Waals surface area contributed by atoms with Gasteiger partial charge in [-0.25, -0.2) is 4.98 Å². The second kappa shape index (κ2) is 6.39. The Morgan fingerprint density at radius 3 is 2.83 bits per heavy atom. The summed E-state index contributed by atoms with van der Waals surface area (Å²) in [6.07, 6.45) is 6.96. The summed E-state index contributed by atoms with van der Waals surface area (Å²) in [6.45, 7) is 6.38. The number of nitrogens with two attached hydrogens (primary N) is 1. The number of primary amides is 1. The van der Waals surface area contributed by atoms with E-state index in [2.05, 4.69) is 4.98 Å². The fourth-order valence-corrected chi connectivity index (χ4v) is 4.05. The molecule has 0 unspecified atom stereocenters. The Kier molecular flexibility index (Phi) is 4.45. The lowest BCUT2D eigenvalue weighted by Crippen LogP contribution is -2.48. The predicted octanol–water partition coefficient (Wildman–Crippen LogP) is 2.14. The molecule has 2 aromatic rings. The zero-order chi connectivity index (χ0) is 17.4. The number of fused-ring (bicyclic) bond motifs is 1. The molecule has 1 aliphatic heterocycles. The van der Waals surface area contributed by atoms with Crippen molar-refractivity contribution in [3.8, 4) is 0 Å². The van der Waals surface area contributed by atoms with Gasteiger partial charge in [-0.15, -0.1) is 11.3 Å². The summed E-state index contributed by atoms with van der Waals surface area (Å²) in [5.41, 5.74) is 7.22. The van der Waals surface area contributed by atoms with Crippen molar-refractivity contribution in [3.63, 3.8) is 0 Å². The summed E-state index contributed by atoms with van der Waals surface area (Å²) in [5, 5.41) is 0. The maximum Gasteiger partial charge on any atom is 0.246 e. The van der Waals surface area contributed by atoms with Gasteiger partial charge in [0.25, 0.3) is 0 Å². The number of piperidine rings is 1. The lowest BCUT2D eigenvalue weighted by atomic mass is 9.93. The van der Waals surface area contributed by atoms with Crippen LogP contribution in [-0.4, -0.2) is 38.7 Å². The molecular weight excluding hydrogens is 324 g/mol. The number of amides is 2. The molecule has 2 atom stereocenters. The molecule has 128 valence electrons. The van der Waals surface area contributed by atoms with Crippen LogP contribution < -0.4 is 5.73 Å². The molecule has 0 aromatic carbocycles. The largest absolute Gasteiger partial charge is 0.369 e. The zero-order valence-corrected chi connectivity index (χ0v) is 15.0. The first-order valence-corrected chi connectivity index (χ1v) is 8.91. The minimum absolute atomic E-state index is 0.0882. The molecule has 0 aliphatic carbocycles. The van der Waals surface area contributed by atoms with Gasteiger partial charge in [-0.1, -0.05) is 0 Å². The fourth-order valence-electron chi connectivity index (χ4n) is 3.17. The van der Waals surface area contributed by atoms with Crippen molar-refractivity contribution in [2.45, 2.75) is 39.7 Å². The van der Waals surface area contributed by atoms with Crippen molar-refractivity contribution in [2.75, 3.05) is 6.54 Å². The van der Waals surface area contributed by atoms with Crippen molar-refractivity contribution in [2.24, 2.45) is 11.7 Å². The van der Waals surface area contributed by atoms with E-state index in [0.717, 1.165) is 29.2 Å². The van der Waals surface area contributed by atoms with E-state index >= 15 is 0 Å². The van der Waals surface area contributed by atoms with E-state index in [1.165, 1.54) is 4.88 Å². The Hall–Kier alpha value is -2.15. The van der Waals surface area contributed by atoms with Crippen LogP contribution in [0, 0.1) is 19.8 Å². The Morgan fingerprint density at radius 1 is 1.38 bits per heavy atom. The van der Waals surface area contributed by atoms with Crippen molar-refractivity contribution in [1.82, 2.24) is 14.3 Å². The molecule has 0 bridgehead atoms. The normalized spacial score (nSPS) is 21.7. The van der Waals surface area contributed by atoms with Crippen LogP contribution in [0.2, 0.25) is 0 Å². The minimum atomic E-state index is -0.328. The molecule has 7 heteroatoms. The molecule has 1 saturated heterocycles. The Bertz CT molecular complexity index is 820. The molecule has 1 fully saturated rings. The van der Waals surface area contributed by atoms with Crippen molar-refractivity contribution in [1.29, 1.82) is 0 Å². The number of aryl methyl sites for hydroxylation is 2. The molecule has 0 radical (unpaired) electrons. The molecule has 1 aliphatic rings. The predicted molar refractivity (Wildman–Crippen MR) is 94.7 cm³/mol. The highest BCUT2D eigenvalue weighted by Crippen LogP contribution is 2.24. The van der Waals surface area contributed by atoms with Gasteiger partial charge in [-0.3, -0.25) is 14.0 Å². The zero-order valence-electron chi connectivity index (χ0n) is 14.2. The van der Waals surface area contributed by atoms with Gasteiger partial charge in [0.1, 0.15) is 0 Å². The lowest BCUT2D eigenvalue weighted by Gasteiger charge is -2.36. The summed E-state index contributed by atoms with van der Waals surface area (Å²) < 4.78 is 2.00. The van der Waals surface area contributed by atoms with Crippen LogP contribution in [0.3, 0.4) is 0 Å². The molecule has 3 heterocycles. The molecular formula is C17H22N4O2S. The molecule has 0 saturated carbocycles. The van der Waals surface area contributed by atoms with E-state index < -0.39 is 0 Å². The van der Waals surface area contributed by atoms with Crippen molar-refractivity contribution < 1.29 is 9.59 Å². The lowest BCUT2D eigenvalue weighted by molar-refractivity contribution is -0.133. The van der Waals surface area contributed by atoms with E-state index in [4.69, 9.17) is 5.73 Å². The summed E-state index contributed by atoms with van der Waals surface area (Å²) in [6, 6.07) is 0.118. The average molecular weight is 346 g/mol. The van der Waals surface area contributed by atoms with Crippen LogP contribution in [-0.2, 0) is 9.59 Å². The van der Waals surface area contributed by atoms with Crippen LogP contribution in [0.25, 0.3) is 11.0 Å². The van der Waals surface area contributed by atoms with Gasteiger partial charge in [0.05, 0.1) is 17.3 Å². The van der Waals surface area contributed by atoms with Gasteiger partial charge in [0.2, 0.25) is 11.8 Å². The van der Waals surface area contributed by atoms with Crippen molar-refractivity contribution in [3.05, 3.63) is 28.5 Å². The van der Waals surface area contributed by atoms with Gasteiger partial charge in [-0.05, 0) is 39.7 Å². The van der Waals surface area contributed by atoms with Gasteiger partial charge < -0.3 is 10.6 Å². The first kappa shape index (κ1) is 16.7. The first-order chi connectivity index (χ1) is 11.4. The van der Waals surface area contributed by atoms with E-state index in [1.807, 2.05) is 37.4 Å². The number of aromatic nitrogens is 2. The highest BCUT2D eigenvalue weighted by Gasteiger charge is 2.30. The minimum Gasteiger partial charge on any atom is -0.369 e. The molecule has 0 spiro atoms. The Balaban J connectivity index is 1.81. The maximum atomic E-state index is 12.6. The summed E-state index contributed by atoms with van der Waals surface area (Å²) in [5.74, 6) is -0.665. The second-order valence-corrected chi connectivity index (χ2v) is 7.64. The molecule has 6 nitrogen and oxygen atoms in total. The van der Waals surface area contributed by atoms with Crippen LogP contribution in [0.4, 0.5) is 0 Å². The summed E-state index contributed by atoms with van der Waals surface area (Å²) in [7, 11) is 0. The van der Waals surface area contributed by atoms with Gasteiger partial charge in [-0.2, -0.15) is 0 Å². The number of carbonyl (C=O) groups is 2. The number of hydrogen-bond donors (Lipinski definition) is 1. The topological polar surface area (TPSA) is 80.7 Å². The number of carbonyl (C=O) groups excluding carboxylic acids is 2. The highest BCUT2D eigenvalue weighted by molar-refractivity contribution is 7.17. The highest BCUT2D eigenvalue weighted by atomic mass is 32.1. The number of likely N-dealkylation sites (tertiary alicyclic amines) is 1. The number of hydrogen-bond acceptors (Lipinski definition) is 4. The monoisotopic (exact) mass is 346 g/mol. The molecule has 24 heavy (non-hydrogen) atoms. The van der Waals surface area contributed by atoms with E-state index in [9.17, 15) is 9.59 Å². The Labute approximate surface area is 145 Å². The average Bonchev–Trinajstić information content (AvgIpc) is 3.00. The van der Waals surface area contributed by atoms with Crippen LogP contribution in [0.1, 0.15) is 36.0 Å². The van der Waals surface area contributed by atoms with Crippen molar-refractivity contribution >= 4 is 34.2 Å². The number of thiazole rings is 1. The summed E-state index contributed by atoms with van der Waals surface area (Å²) >= 11 is 1.62. The van der Waals surface area contributed by atoms with E-state index in [-0.39, 0.29) is 23.8 Å².